The summed E-state index contributed by atoms with van der Waals surface area (Å²) in [6.07, 6.45) is 0. The third kappa shape index (κ3) is 7.60. The summed E-state index contributed by atoms with van der Waals surface area (Å²) in [4.78, 5) is 0. The number of rotatable bonds is 6. The fourth-order valence-electron chi connectivity index (χ4n) is 0.208. The van der Waals surface area contributed by atoms with Gasteiger partial charge < -0.3 is 0 Å². The van der Waals surface area contributed by atoms with Crippen LogP contribution in [0.4, 0.5) is 0 Å². The molecule has 2 atom stereocenters. The molecule has 0 radical (unpaired) electrons. The molecule has 0 rings (SSSR count). The van der Waals surface area contributed by atoms with Crippen LogP contribution in [0.1, 0.15) is 13.8 Å². The van der Waals surface area contributed by atoms with Crippen molar-refractivity contribution in [2.45, 2.75) is 24.3 Å². The Kier molecular flexibility index (Phi) is 8.75. The molecule has 0 amide bonds. The molecule has 0 aromatic carbocycles. The first-order valence-electron chi connectivity index (χ1n) is 3.31. The Morgan fingerprint density at radius 1 is 1.09 bits per heavy atom. The van der Waals surface area contributed by atoms with E-state index in [0.717, 1.165) is 0 Å². The van der Waals surface area contributed by atoms with Gasteiger partial charge in [-0.2, -0.15) is 0 Å². The lowest BCUT2D eigenvalue weighted by molar-refractivity contribution is 0.736. The normalized spacial score (nSPS) is 16.4. The van der Waals surface area contributed by atoms with Crippen LogP contribution in [-0.4, -0.2) is 22.3 Å². The smallest absolute Gasteiger partial charge is 0.0431 e. The zero-order chi connectivity index (χ0) is 8.69. The number of halogens is 2. The van der Waals surface area contributed by atoms with E-state index < -0.39 is 0 Å². The average Bonchev–Trinajstić information content (AvgIpc) is 2.04. The molecule has 2 unspecified atom stereocenters. The summed E-state index contributed by atoms with van der Waals surface area (Å²) in [5, 5.41) is 0.679. The van der Waals surface area contributed by atoms with Crippen LogP contribution in [0.25, 0.3) is 0 Å². The highest BCUT2D eigenvalue weighted by Gasteiger charge is 2.05. The maximum absolute atomic E-state index is 5.57. The van der Waals surface area contributed by atoms with Crippen molar-refractivity contribution in [3.8, 4) is 0 Å². The van der Waals surface area contributed by atoms with Crippen LogP contribution in [0.2, 0.25) is 0 Å². The summed E-state index contributed by atoms with van der Waals surface area (Å²) in [7, 11) is 0. The van der Waals surface area contributed by atoms with E-state index in [1.165, 1.54) is 24.1 Å². The van der Waals surface area contributed by atoms with Crippen molar-refractivity contribution in [2.75, 3.05) is 11.8 Å². The third-order valence-corrected chi connectivity index (χ3v) is 3.75. The van der Waals surface area contributed by atoms with E-state index in [9.17, 15) is 0 Å². The van der Waals surface area contributed by atoms with Gasteiger partial charge >= 0.3 is 0 Å². The van der Waals surface area contributed by atoms with Gasteiger partial charge in [0, 0.05) is 46.3 Å². The molecule has 11 heavy (non-hydrogen) atoms. The minimum absolute atomic E-state index is 0.340. The maximum atomic E-state index is 5.57. The minimum Gasteiger partial charge on any atom is -0.247 e. The molecule has 0 saturated carbocycles. The molecular formula is C6H12Cl2OS2. The van der Waals surface area contributed by atoms with E-state index in [0.29, 0.717) is 22.3 Å². The summed E-state index contributed by atoms with van der Waals surface area (Å²) >= 11 is 13.9. The van der Waals surface area contributed by atoms with Gasteiger partial charge in [0.05, 0.1) is 0 Å². The zero-order valence-corrected chi connectivity index (χ0v) is 9.69. The van der Waals surface area contributed by atoms with Crippen molar-refractivity contribution in [1.29, 1.82) is 0 Å². The molecule has 1 nitrogen and oxygen atoms in total. The summed E-state index contributed by atoms with van der Waals surface area (Å²) in [5.41, 5.74) is 0. The van der Waals surface area contributed by atoms with Crippen molar-refractivity contribution in [2.24, 2.45) is 0 Å². The van der Waals surface area contributed by atoms with Gasteiger partial charge in [-0.15, -0.1) is 23.2 Å². The van der Waals surface area contributed by atoms with Crippen molar-refractivity contribution < 1.29 is 3.63 Å². The maximum Gasteiger partial charge on any atom is 0.0431 e. The SMILES string of the molecule is CC(CCl)SOSC(C)CCl. The van der Waals surface area contributed by atoms with Crippen molar-refractivity contribution >= 4 is 47.3 Å². The second-order valence-electron chi connectivity index (χ2n) is 2.19. The predicted molar refractivity (Wildman–Crippen MR) is 56.6 cm³/mol. The Morgan fingerprint density at radius 2 is 1.45 bits per heavy atom. The molecule has 0 spiro atoms. The van der Waals surface area contributed by atoms with Gasteiger partial charge in [0.25, 0.3) is 0 Å². The quantitative estimate of drug-likeness (QED) is 0.514. The zero-order valence-electron chi connectivity index (χ0n) is 6.55. The van der Waals surface area contributed by atoms with Crippen LogP contribution in [0.3, 0.4) is 0 Å². The van der Waals surface area contributed by atoms with Gasteiger partial charge in [0.15, 0.2) is 0 Å². The van der Waals surface area contributed by atoms with Crippen LogP contribution in [0.15, 0.2) is 0 Å². The summed E-state index contributed by atoms with van der Waals surface area (Å²) in [5.74, 6) is 1.22. The minimum atomic E-state index is 0.340. The second-order valence-corrected chi connectivity index (χ2v) is 5.35. The van der Waals surface area contributed by atoms with Crippen LogP contribution in [-0.2, 0) is 3.63 Å². The van der Waals surface area contributed by atoms with Gasteiger partial charge in [-0.25, -0.2) is 3.63 Å². The Balaban J connectivity index is 3.13. The Labute approximate surface area is 86.9 Å². The van der Waals surface area contributed by atoms with E-state index in [2.05, 4.69) is 0 Å². The first kappa shape index (κ1) is 12.2. The monoisotopic (exact) mass is 234 g/mol. The molecule has 5 heteroatoms. The Hall–Kier alpha value is 1.24. The molecular weight excluding hydrogens is 223 g/mol. The Morgan fingerprint density at radius 3 is 1.73 bits per heavy atom. The molecule has 0 aromatic rings. The molecule has 0 aromatic heterocycles. The van der Waals surface area contributed by atoms with E-state index in [-0.39, 0.29) is 0 Å². The lowest BCUT2D eigenvalue weighted by atomic mass is 10.6. The summed E-state index contributed by atoms with van der Waals surface area (Å²) in [6, 6.07) is 0. The van der Waals surface area contributed by atoms with Gasteiger partial charge in [-0.05, 0) is 13.8 Å². The fourth-order valence-corrected chi connectivity index (χ4v) is 1.87. The van der Waals surface area contributed by atoms with Crippen molar-refractivity contribution in [3.05, 3.63) is 0 Å². The topological polar surface area (TPSA) is 9.23 Å². The van der Waals surface area contributed by atoms with E-state index in [4.69, 9.17) is 26.8 Å². The van der Waals surface area contributed by atoms with Gasteiger partial charge in [-0.3, -0.25) is 0 Å². The molecule has 0 saturated heterocycles. The lowest BCUT2D eigenvalue weighted by Crippen LogP contribution is -2.00. The van der Waals surface area contributed by atoms with Crippen LogP contribution in [0.5, 0.6) is 0 Å². The van der Waals surface area contributed by atoms with Gasteiger partial charge in [0.1, 0.15) is 0 Å². The lowest BCUT2D eigenvalue weighted by Gasteiger charge is -2.08. The largest absolute Gasteiger partial charge is 0.247 e. The highest BCUT2D eigenvalue weighted by atomic mass is 35.5. The molecule has 0 aliphatic carbocycles. The first-order valence-corrected chi connectivity index (χ1v) is 5.99. The van der Waals surface area contributed by atoms with Crippen molar-refractivity contribution in [1.82, 2.24) is 0 Å². The molecule has 0 heterocycles. The van der Waals surface area contributed by atoms with Crippen LogP contribution in [0, 0.1) is 0 Å². The van der Waals surface area contributed by atoms with E-state index in [1.54, 1.807) is 0 Å². The van der Waals surface area contributed by atoms with E-state index >= 15 is 0 Å². The highest BCUT2D eigenvalue weighted by Crippen LogP contribution is 2.24. The number of hydrogen-bond acceptors (Lipinski definition) is 3. The molecule has 0 bridgehead atoms. The second kappa shape index (κ2) is 7.87. The Bertz CT molecular complexity index is 84.7. The van der Waals surface area contributed by atoms with Crippen molar-refractivity contribution in [3.63, 3.8) is 0 Å². The third-order valence-electron chi connectivity index (χ3n) is 0.842. The van der Waals surface area contributed by atoms with Crippen LogP contribution < -0.4 is 0 Å². The highest BCUT2D eigenvalue weighted by molar-refractivity contribution is 8.08. The molecule has 68 valence electrons. The first-order chi connectivity index (χ1) is 5.20. The molecule has 0 fully saturated rings. The summed E-state index contributed by atoms with van der Waals surface area (Å²) < 4.78 is 5.20. The number of hydrogen-bond donors (Lipinski definition) is 0. The standard InChI is InChI=1S/C6H12Cl2OS2/c1-5(3-7)10-9-11-6(2)4-8/h5-6H,3-4H2,1-2H3. The molecule has 0 aliphatic heterocycles. The predicted octanol–water partition coefficient (Wildman–Crippen LogP) is 3.55. The van der Waals surface area contributed by atoms with E-state index in [1.807, 2.05) is 13.8 Å². The van der Waals surface area contributed by atoms with Gasteiger partial charge in [-0.1, -0.05) is 0 Å². The fraction of sp³-hybridized carbons (Fsp3) is 1.00. The number of alkyl halides is 2. The van der Waals surface area contributed by atoms with Gasteiger partial charge in [0.2, 0.25) is 0 Å². The summed E-state index contributed by atoms with van der Waals surface area (Å²) in [6.45, 7) is 4.03. The molecule has 0 aliphatic rings. The van der Waals surface area contributed by atoms with Crippen LogP contribution >= 0.6 is 47.3 Å². The average molecular weight is 235 g/mol. The molecule has 0 N–H and O–H groups in total.